The molecular formula is C15H20ClFN2. The first-order chi connectivity index (χ1) is 9.19. The normalized spacial score (nSPS) is 30.5. The van der Waals surface area contributed by atoms with Gasteiger partial charge in [-0.3, -0.25) is 0 Å². The molecule has 1 N–H and O–H groups in total. The Kier molecular flexibility index (Phi) is 3.68. The van der Waals surface area contributed by atoms with Crippen molar-refractivity contribution in [2.24, 2.45) is 0 Å². The fourth-order valence-electron chi connectivity index (χ4n) is 3.70. The molecule has 19 heavy (non-hydrogen) atoms. The standard InChI is InChI=1S/C15H20ClFN2/c1-18-11-8-12-3-2-4-13(9-11)19(12)15-6-5-10(17)7-14(15)16/h5-7,11-13,18H,2-4,8-9H2,1H3. The van der Waals surface area contributed by atoms with Gasteiger partial charge < -0.3 is 10.2 Å². The lowest BCUT2D eigenvalue weighted by molar-refractivity contribution is 0.252. The molecule has 3 rings (SSSR count). The highest BCUT2D eigenvalue weighted by molar-refractivity contribution is 6.33. The smallest absolute Gasteiger partial charge is 0.124 e. The summed E-state index contributed by atoms with van der Waals surface area (Å²) in [6.45, 7) is 0. The van der Waals surface area contributed by atoms with Gasteiger partial charge in [-0.2, -0.15) is 0 Å². The first-order valence-electron chi connectivity index (χ1n) is 7.09. The van der Waals surface area contributed by atoms with Gasteiger partial charge in [0.2, 0.25) is 0 Å². The maximum Gasteiger partial charge on any atom is 0.124 e. The third-order valence-corrected chi connectivity index (χ3v) is 4.87. The molecular weight excluding hydrogens is 263 g/mol. The Labute approximate surface area is 118 Å². The number of fused-ring (bicyclic) bond motifs is 2. The summed E-state index contributed by atoms with van der Waals surface area (Å²) in [7, 11) is 2.04. The van der Waals surface area contributed by atoms with E-state index in [1.807, 2.05) is 13.1 Å². The van der Waals surface area contributed by atoms with Crippen molar-refractivity contribution in [1.29, 1.82) is 0 Å². The van der Waals surface area contributed by atoms with Crippen LogP contribution in [0.5, 0.6) is 0 Å². The van der Waals surface area contributed by atoms with E-state index in [0.29, 0.717) is 23.1 Å². The van der Waals surface area contributed by atoms with Crippen LogP contribution in [0.25, 0.3) is 0 Å². The number of anilines is 1. The monoisotopic (exact) mass is 282 g/mol. The van der Waals surface area contributed by atoms with Crippen LogP contribution in [-0.2, 0) is 0 Å². The van der Waals surface area contributed by atoms with Gasteiger partial charge in [-0.25, -0.2) is 4.39 Å². The molecule has 2 bridgehead atoms. The van der Waals surface area contributed by atoms with E-state index in [-0.39, 0.29) is 5.82 Å². The SMILES string of the molecule is CNC1CC2CCCC(C1)N2c1ccc(F)cc1Cl. The van der Waals surface area contributed by atoms with Crippen molar-refractivity contribution in [3.8, 4) is 0 Å². The number of rotatable bonds is 2. The van der Waals surface area contributed by atoms with Gasteiger partial charge in [-0.1, -0.05) is 11.6 Å². The molecule has 1 aromatic rings. The van der Waals surface area contributed by atoms with Crippen molar-refractivity contribution in [1.82, 2.24) is 5.32 Å². The quantitative estimate of drug-likeness (QED) is 0.892. The minimum Gasteiger partial charge on any atom is -0.364 e. The average molecular weight is 283 g/mol. The molecule has 0 aromatic heterocycles. The summed E-state index contributed by atoms with van der Waals surface area (Å²) in [6, 6.07) is 6.45. The molecule has 2 heterocycles. The molecule has 0 saturated carbocycles. The van der Waals surface area contributed by atoms with Crippen LogP contribution in [0.3, 0.4) is 0 Å². The van der Waals surface area contributed by atoms with E-state index in [4.69, 9.17) is 11.6 Å². The topological polar surface area (TPSA) is 15.3 Å². The van der Waals surface area contributed by atoms with Crippen molar-refractivity contribution < 1.29 is 4.39 Å². The van der Waals surface area contributed by atoms with Crippen molar-refractivity contribution >= 4 is 17.3 Å². The first kappa shape index (κ1) is 13.2. The molecule has 104 valence electrons. The zero-order valence-electron chi connectivity index (χ0n) is 11.2. The minimum absolute atomic E-state index is 0.260. The van der Waals surface area contributed by atoms with Gasteiger partial charge in [0, 0.05) is 18.1 Å². The molecule has 2 fully saturated rings. The molecule has 2 unspecified atom stereocenters. The summed E-state index contributed by atoms with van der Waals surface area (Å²) in [6.07, 6.45) is 6.02. The Hall–Kier alpha value is -0.800. The zero-order chi connectivity index (χ0) is 13.4. The Balaban J connectivity index is 1.91. The number of nitrogens with one attached hydrogen (secondary N) is 1. The molecule has 2 atom stereocenters. The summed E-state index contributed by atoms with van der Waals surface area (Å²) in [5.74, 6) is -0.260. The van der Waals surface area contributed by atoms with E-state index in [0.717, 1.165) is 18.5 Å². The highest BCUT2D eigenvalue weighted by atomic mass is 35.5. The number of nitrogens with zero attached hydrogens (tertiary/aromatic N) is 1. The van der Waals surface area contributed by atoms with Crippen molar-refractivity contribution in [3.05, 3.63) is 29.0 Å². The lowest BCUT2D eigenvalue weighted by atomic mass is 9.81. The largest absolute Gasteiger partial charge is 0.364 e. The third-order valence-electron chi connectivity index (χ3n) is 4.57. The lowest BCUT2D eigenvalue weighted by Crippen LogP contribution is -2.56. The van der Waals surface area contributed by atoms with Crippen LogP contribution in [0.15, 0.2) is 18.2 Å². The summed E-state index contributed by atoms with van der Waals surface area (Å²) in [5, 5.41) is 3.95. The van der Waals surface area contributed by atoms with Crippen LogP contribution in [0.2, 0.25) is 5.02 Å². The number of piperidine rings is 2. The molecule has 2 aliphatic heterocycles. The summed E-state index contributed by atoms with van der Waals surface area (Å²) in [5.41, 5.74) is 1.01. The van der Waals surface area contributed by atoms with E-state index in [1.54, 1.807) is 0 Å². The predicted molar refractivity (Wildman–Crippen MR) is 77.4 cm³/mol. The Morgan fingerprint density at radius 2 is 1.95 bits per heavy atom. The van der Waals surface area contributed by atoms with E-state index < -0.39 is 0 Å². The van der Waals surface area contributed by atoms with E-state index in [2.05, 4.69) is 10.2 Å². The zero-order valence-corrected chi connectivity index (χ0v) is 12.0. The van der Waals surface area contributed by atoms with Crippen molar-refractivity contribution in [2.75, 3.05) is 11.9 Å². The van der Waals surface area contributed by atoms with Gasteiger partial charge in [-0.05, 0) is 57.4 Å². The molecule has 0 amide bonds. The second-order valence-corrected chi connectivity index (χ2v) is 6.11. The maximum absolute atomic E-state index is 13.2. The molecule has 2 aliphatic rings. The van der Waals surface area contributed by atoms with Gasteiger partial charge in [-0.15, -0.1) is 0 Å². The van der Waals surface area contributed by atoms with Crippen LogP contribution in [0.4, 0.5) is 10.1 Å². The van der Waals surface area contributed by atoms with Gasteiger partial charge in [0.15, 0.2) is 0 Å². The van der Waals surface area contributed by atoms with Crippen LogP contribution < -0.4 is 10.2 Å². The molecule has 0 aliphatic carbocycles. The van der Waals surface area contributed by atoms with Gasteiger partial charge in [0.1, 0.15) is 5.82 Å². The van der Waals surface area contributed by atoms with Crippen LogP contribution in [0, 0.1) is 5.82 Å². The predicted octanol–water partition coefficient (Wildman–Crippen LogP) is 3.59. The molecule has 0 radical (unpaired) electrons. The maximum atomic E-state index is 13.2. The van der Waals surface area contributed by atoms with Crippen molar-refractivity contribution in [2.45, 2.75) is 50.2 Å². The van der Waals surface area contributed by atoms with Crippen LogP contribution >= 0.6 is 11.6 Å². The number of halogens is 2. The van der Waals surface area contributed by atoms with Crippen molar-refractivity contribution in [3.63, 3.8) is 0 Å². The fourth-order valence-corrected chi connectivity index (χ4v) is 3.97. The Bertz CT molecular complexity index is 451. The summed E-state index contributed by atoms with van der Waals surface area (Å²) >= 11 is 6.25. The highest BCUT2D eigenvalue weighted by Gasteiger charge is 2.38. The molecule has 2 nitrogen and oxygen atoms in total. The summed E-state index contributed by atoms with van der Waals surface area (Å²) in [4.78, 5) is 2.44. The Morgan fingerprint density at radius 3 is 2.53 bits per heavy atom. The second kappa shape index (κ2) is 5.29. The first-order valence-corrected chi connectivity index (χ1v) is 7.47. The number of benzene rings is 1. The molecule has 0 spiro atoms. The van der Waals surface area contributed by atoms with E-state index in [9.17, 15) is 4.39 Å². The minimum atomic E-state index is -0.260. The molecule has 1 aromatic carbocycles. The fraction of sp³-hybridized carbons (Fsp3) is 0.600. The third kappa shape index (κ3) is 2.46. The molecule has 2 saturated heterocycles. The van der Waals surface area contributed by atoms with Gasteiger partial charge >= 0.3 is 0 Å². The van der Waals surface area contributed by atoms with Gasteiger partial charge in [0.05, 0.1) is 10.7 Å². The van der Waals surface area contributed by atoms with E-state index in [1.165, 1.54) is 31.4 Å². The lowest BCUT2D eigenvalue weighted by Gasteiger charge is -2.50. The Morgan fingerprint density at radius 1 is 1.26 bits per heavy atom. The number of hydrogen-bond acceptors (Lipinski definition) is 2. The highest BCUT2D eigenvalue weighted by Crippen LogP contribution is 2.40. The summed E-state index contributed by atoms with van der Waals surface area (Å²) < 4.78 is 13.2. The second-order valence-electron chi connectivity index (χ2n) is 5.70. The van der Waals surface area contributed by atoms with Crippen LogP contribution in [0.1, 0.15) is 32.1 Å². The van der Waals surface area contributed by atoms with E-state index >= 15 is 0 Å². The molecule has 4 heteroatoms. The average Bonchev–Trinajstić information content (AvgIpc) is 2.37. The number of hydrogen-bond donors (Lipinski definition) is 1. The van der Waals surface area contributed by atoms with Crippen LogP contribution in [-0.4, -0.2) is 25.2 Å². The van der Waals surface area contributed by atoms with Gasteiger partial charge in [0.25, 0.3) is 0 Å².